The highest BCUT2D eigenvalue weighted by molar-refractivity contribution is 6.23. The maximum Gasteiger partial charge on any atom is 0.286 e. The van der Waals surface area contributed by atoms with Crippen LogP contribution in [0.4, 0.5) is 0 Å². The van der Waals surface area contributed by atoms with Crippen molar-refractivity contribution in [2.24, 2.45) is 11.8 Å². The molecule has 13 heavy (non-hydrogen) atoms. The first-order valence-corrected chi connectivity index (χ1v) is 4.63. The standard InChI is InChI=1S/C9H14N2O2/c1-10-2-7-4-11(9(13)6-12)5-8(7)3-10/h6-8H,2-5H2,1H3/t7-,8-/m0/s1. The molecule has 2 saturated heterocycles. The summed E-state index contributed by atoms with van der Waals surface area (Å²) in [6, 6.07) is 0. The van der Waals surface area contributed by atoms with E-state index in [0.29, 0.717) is 18.1 Å². The van der Waals surface area contributed by atoms with Crippen molar-refractivity contribution in [2.45, 2.75) is 0 Å². The van der Waals surface area contributed by atoms with Gasteiger partial charge in [-0.2, -0.15) is 0 Å². The van der Waals surface area contributed by atoms with Crippen molar-refractivity contribution < 1.29 is 9.59 Å². The molecule has 0 bridgehead atoms. The van der Waals surface area contributed by atoms with Gasteiger partial charge in [0.1, 0.15) is 0 Å². The van der Waals surface area contributed by atoms with Crippen LogP contribution in [0.3, 0.4) is 0 Å². The number of rotatable bonds is 1. The van der Waals surface area contributed by atoms with Crippen molar-refractivity contribution in [3.8, 4) is 0 Å². The van der Waals surface area contributed by atoms with E-state index in [1.54, 1.807) is 4.90 Å². The van der Waals surface area contributed by atoms with Gasteiger partial charge in [-0.3, -0.25) is 9.59 Å². The van der Waals surface area contributed by atoms with Gasteiger partial charge in [0, 0.05) is 26.2 Å². The fourth-order valence-electron chi connectivity index (χ4n) is 2.48. The third-order valence-electron chi connectivity index (χ3n) is 3.08. The summed E-state index contributed by atoms with van der Waals surface area (Å²) in [6.07, 6.45) is 0.421. The Labute approximate surface area is 77.5 Å². The molecule has 0 spiro atoms. The summed E-state index contributed by atoms with van der Waals surface area (Å²) in [6.45, 7) is 3.67. The molecule has 2 fully saturated rings. The first-order chi connectivity index (χ1) is 6.20. The summed E-state index contributed by atoms with van der Waals surface area (Å²) in [5, 5.41) is 0. The van der Waals surface area contributed by atoms with Crippen molar-refractivity contribution in [1.82, 2.24) is 9.80 Å². The molecular formula is C9H14N2O2. The Hall–Kier alpha value is -0.900. The van der Waals surface area contributed by atoms with Gasteiger partial charge in [-0.15, -0.1) is 0 Å². The van der Waals surface area contributed by atoms with Gasteiger partial charge in [0.2, 0.25) is 6.29 Å². The van der Waals surface area contributed by atoms with Crippen LogP contribution in [0.5, 0.6) is 0 Å². The van der Waals surface area contributed by atoms with Crippen molar-refractivity contribution >= 4 is 12.2 Å². The monoisotopic (exact) mass is 182 g/mol. The van der Waals surface area contributed by atoms with Crippen LogP contribution < -0.4 is 0 Å². The maximum absolute atomic E-state index is 11.1. The lowest BCUT2D eigenvalue weighted by atomic mass is 10.0. The summed E-state index contributed by atoms with van der Waals surface area (Å²) in [7, 11) is 2.10. The molecule has 0 aliphatic carbocycles. The van der Waals surface area contributed by atoms with Gasteiger partial charge in [0.05, 0.1) is 0 Å². The molecule has 2 heterocycles. The van der Waals surface area contributed by atoms with Crippen LogP contribution in [0, 0.1) is 11.8 Å². The second-order valence-corrected chi connectivity index (χ2v) is 4.10. The fraction of sp³-hybridized carbons (Fsp3) is 0.778. The summed E-state index contributed by atoms with van der Waals surface area (Å²) >= 11 is 0. The Morgan fingerprint density at radius 1 is 1.23 bits per heavy atom. The van der Waals surface area contributed by atoms with Gasteiger partial charge in [-0.05, 0) is 18.9 Å². The Kier molecular flexibility index (Phi) is 2.07. The Morgan fingerprint density at radius 3 is 2.23 bits per heavy atom. The molecule has 2 atom stereocenters. The van der Waals surface area contributed by atoms with Crippen molar-refractivity contribution in [2.75, 3.05) is 33.2 Å². The van der Waals surface area contributed by atoms with Crippen molar-refractivity contribution in [3.05, 3.63) is 0 Å². The average Bonchev–Trinajstić information content (AvgIpc) is 2.59. The number of carbonyl (C=O) groups excluding carboxylic acids is 2. The molecule has 4 nitrogen and oxygen atoms in total. The van der Waals surface area contributed by atoms with Gasteiger partial charge in [-0.1, -0.05) is 0 Å². The van der Waals surface area contributed by atoms with E-state index in [9.17, 15) is 9.59 Å². The molecule has 2 aliphatic rings. The minimum absolute atomic E-state index is 0.350. The molecule has 0 unspecified atom stereocenters. The predicted octanol–water partition coefficient (Wildman–Crippen LogP) is -0.795. The fourth-order valence-corrected chi connectivity index (χ4v) is 2.48. The maximum atomic E-state index is 11.1. The number of hydrogen-bond acceptors (Lipinski definition) is 3. The van der Waals surface area contributed by atoms with Gasteiger partial charge in [-0.25, -0.2) is 0 Å². The molecule has 2 rings (SSSR count). The van der Waals surface area contributed by atoms with Crippen LogP contribution in [0.25, 0.3) is 0 Å². The average molecular weight is 182 g/mol. The SMILES string of the molecule is CN1C[C@H]2CN(C(=O)C=O)C[C@@H]2C1. The van der Waals surface area contributed by atoms with Gasteiger partial charge in [0.25, 0.3) is 5.91 Å². The smallest absolute Gasteiger partial charge is 0.286 e. The first kappa shape index (κ1) is 8.69. The zero-order chi connectivity index (χ0) is 9.42. The molecule has 0 N–H and O–H groups in total. The molecule has 72 valence electrons. The van der Waals surface area contributed by atoms with Crippen molar-refractivity contribution in [3.63, 3.8) is 0 Å². The third-order valence-corrected chi connectivity index (χ3v) is 3.08. The molecule has 0 saturated carbocycles. The quantitative estimate of drug-likeness (QED) is 0.394. The second-order valence-electron chi connectivity index (χ2n) is 4.10. The van der Waals surface area contributed by atoms with E-state index in [4.69, 9.17) is 0 Å². The van der Waals surface area contributed by atoms with Crippen LogP contribution in [0.15, 0.2) is 0 Å². The highest BCUT2D eigenvalue weighted by atomic mass is 16.2. The zero-order valence-corrected chi connectivity index (χ0v) is 7.77. The van der Waals surface area contributed by atoms with E-state index in [-0.39, 0.29) is 5.91 Å². The second kappa shape index (κ2) is 3.10. The summed E-state index contributed by atoms with van der Waals surface area (Å²) in [4.78, 5) is 25.3. The van der Waals surface area contributed by atoms with Gasteiger partial charge in [0.15, 0.2) is 0 Å². The van der Waals surface area contributed by atoms with Gasteiger partial charge >= 0.3 is 0 Å². The Bertz CT molecular complexity index is 228. The van der Waals surface area contributed by atoms with Crippen LogP contribution in [0.2, 0.25) is 0 Å². The van der Waals surface area contributed by atoms with E-state index in [2.05, 4.69) is 11.9 Å². The van der Waals surface area contributed by atoms with E-state index in [1.165, 1.54) is 0 Å². The highest BCUT2D eigenvalue weighted by Crippen LogP contribution is 2.29. The topological polar surface area (TPSA) is 40.6 Å². The zero-order valence-electron chi connectivity index (χ0n) is 7.77. The van der Waals surface area contributed by atoms with Crippen LogP contribution in [-0.4, -0.2) is 55.2 Å². The minimum Gasteiger partial charge on any atom is -0.336 e. The number of carbonyl (C=O) groups is 2. The van der Waals surface area contributed by atoms with Crippen molar-refractivity contribution in [1.29, 1.82) is 0 Å². The first-order valence-electron chi connectivity index (χ1n) is 4.63. The number of fused-ring (bicyclic) bond motifs is 1. The lowest BCUT2D eigenvalue weighted by Crippen LogP contribution is -2.32. The normalized spacial score (nSPS) is 33.5. The summed E-state index contributed by atoms with van der Waals surface area (Å²) in [5.41, 5.74) is 0. The Morgan fingerprint density at radius 2 is 1.77 bits per heavy atom. The van der Waals surface area contributed by atoms with E-state index < -0.39 is 0 Å². The molecule has 0 aromatic heterocycles. The number of likely N-dealkylation sites (tertiary alicyclic amines) is 2. The molecule has 0 radical (unpaired) electrons. The third kappa shape index (κ3) is 1.46. The minimum atomic E-state index is -0.350. The molecular weight excluding hydrogens is 168 g/mol. The molecule has 0 aromatic rings. The van der Waals surface area contributed by atoms with Crippen LogP contribution >= 0.6 is 0 Å². The lowest BCUT2D eigenvalue weighted by Gasteiger charge is -2.16. The van der Waals surface area contributed by atoms with E-state index in [1.807, 2.05) is 0 Å². The highest BCUT2D eigenvalue weighted by Gasteiger charge is 2.39. The van der Waals surface area contributed by atoms with Gasteiger partial charge < -0.3 is 9.80 Å². The van der Waals surface area contributed by atoms with E-state index >= 15 is 0 Å². The predicted molar refractivity (Wildman–Crippen MR) is 47.1 cm³/mol. The van der Waals surface area contributed by atoms with Crippen LogP contribution in [0.1, 0.15) is 0 Å². The molecule has 1 amide bonds. The molecule has 0 aromatic carbocycles. The van der Waals surface area contributed by atoms with Crippen LogP contribution in [-0.2, 0) is 9.59 Å². The van der Waals surface area contributed by atoms with E-state index in [0.717, 1.165) is 26.2 Å². The summed E-state index contributed by atoms with van der Waals surface area (Å²) in [5.74, 6) is 0.833. The summed E-state index contributed by atoms with van der Waals surface area (Å²) < 4.78 is 0. The Balaban J connectivity index is 1.97. The largest absolute Gasteiger partial charge is 0.336 e. The number of aldehydes is 1. The number of hydrogen-bond donors (Lipinski definition) is 0. The molecule has 4 heteroatoms. The number of nitrogens with zero attached hydrogens (tertiary/aromatic N) is 2. The molecule has 2 aliphatic heterocycles. The number of amides is 1. The lowest BCUT2D eigenvalue weighted by molar-refractivity contribution is -0.138.